The summed E-state index contributed by atoms with van der Waals surface area (Å²) in [5, 5.41) is 2.63. The van der Waals surface area contributed by atoms with Crippen molar-refractivity contribution in [2.24, 2.45) is 0 Å². The molecule has 1 atom stereocenters. The van der Waals surface area contributed by atoms with Crippen molar-refractivity contribution in [1.82, 2.24) is 10.4 Å². The third-order valence-corrected chi connectivity index (χ3v) is 2.89. The van der Waals surface area contributed by atoms with Crippen molar-refractivity contribution < 1.29 is 27.6 Å². The number of carbonyl (C=O) groups excluding carboxylic acids is 2. The zero-order chi connectivity index (χ0) is 13.6. The van der Waals surface area contributed by atoms with E-state index in [0.29, 0.717) is 0 Å². The Labute approximate surface area is 110 Å². The first-order valence-electron chi connectivity index (χ1n) is 4.46. The second-order valence-corrected chi connectivity index (χ2v) is 3.98. The lowest BCUT2D eigenvalue weighted by molar-refractivity contribution is -0.175. The van der Waals surface area contributed by atoms with Crippen LogP contribution in [0.4, 0.5) is 13.2 Å². The van der Waals surface area contributed by atoms with Crippen molar-refractivity contribution in [3.63, 3.8) is 0 Å². The van der Waals surface area contributed by atoms with Gasteiger partial charge in [-0.3, -0.25) is 14.4 Å². The van der Waals surface area contributed by atoms with E-state index in [-0.39, 0.29) is 10.8 Å². The Morgan fingerprint density at radius 2 is 2.00 bits per heavy atom. The highest BCUT2D eigenvalue weighted by Gasteiger charge is 2.39. The standard InChI is InChI=1S/C8H12F3IN2O3/c1-14(17-2)6(15)3-5(4-12)13-7(16)8(9,10)11/h5H,3-4H2,1-2H3,(H,13,16)/t5-/m0/s1. The molecule has 1 N–H and O–H groups in total. The summed E-state index contributed by atoms with van der Waals surface area (Å²) >= 11 is 1.79. The lowest BCUT2D eigenvalue weighted by atomic mass is 10.2. The molecule has 17 heavy (non-hydrogen) atoms. The van der Waals surface area contributed by atoms with Crippen molar-refractivity contribution in [3.8, 4) is 0 Å². The number of hydroxylamine groups is 2. The van der Waals surface area contributed by atoms with E-state index >= 15 is 0 Å². The molecule has 0 saturated carbocycles. The third kappa shape index (κ3) is 6.05. The average molecular weight is 368 g/mol. The van der Waals surface area contributed by atoms with Crippen LogP contribution in [0.1, 0.15) is 6.42 Å². The summed E-state index contributed by atoms with van der Waals surface area (Å²) in [4.78, 5) is 26.6. The zero-order valence-electron chi connectivity index (χ0n) is 9.18. The molecule has 5 nitrogen and oxygen atoms in total. The molecule has 0 saturated heterocycles. The summed E-state index contributed by atoms with van der Waals surface area (Å²) in [6, 6.07) is -0.880. The second-order valence-electron chi connectivity index (χ2n) is 3.10. The fraction of sp³-hybridized carbons (Fsp3) is 0.750. The van der Waals surface area contributed by atoms with Crippen LogP contribution in [0.5, 0.6) is 0 Å². The van der Waals surface area contributed by atoms with Gasteiger partial charge in [-0.1, -0.05) is 22.6 Å². The Bertz CT molecular complexity index is 286. The monoisotopic (exact) mass is 368 g/mol. The fourth-order valence-electron chi connectivity index (χ4n) is 0.853. The maximum absolute atomic E-state index is 12.0. The molecular formula is C8H12F3IN2O3. The molecule has 0 heterocycles. The van der Waals surface area contributed by atoms with Crippen LogP contribution in [-0.2, 0) is 14.4 Å². The number of carbonyl (C=O) groups is 2. The Hall–Kier alpha value is -0.580. The number of amides is 2. The summed E-state index contributed by atoms with van der Waals surface area (Å²) in [7, 11) is 2.59. The Balaban J connectivity index is 4.36. The van der Waals surface area contributed by atoms with Crippen LogP contribution < -0.4 is 5.32 Å². The van der Waals surface area contributed by atoms with E-state index in [1.54, 1.807) is 27.9 Å². The molecule has 0 aliphatic heterocycles. The molecule has 9 heteroatoms. The van der Waals surface area contributed by atoms with E-state index in [4.69, 9.17) is 0 Å². The largest absolute Gasteiger partial charge is 0.471 e. The third-order valence-electron chi connectivity index (χ3n) is 1.83. The highest BCUT2D eigenvalue weighted by atomic mass is 127. The number of rotatable bonds is 5. The van der Waals surface area contributed by atoms with Crippen LogP contribution in [0.3, 0.4) is 0 Å². The molecular weight excluding hydrogens is 356 g/mol. The summed E-state index contributed by atoms with van der Waals surface area (Å²) in [5.74, 6) is -2.57. The molecule has 0 rings (SSSR count). The average Bonchev–Trinajstić information content (AvgIpc) is 2.25. The summed E-state index contributed by atoms with van der Waals surface area (Å²) in [5.41, 5.74) is 0. The van der Waals surface area contributed by atoms with Gasteiger partial charge in [0.25, 0.3) is 0 Å². The van der Waals surface area contributed by atoms with Crippen LogP contribution in [0.15, 0.2) is 0 Å². The smallest absolute Gasteiger partial charge is 0.344 e. The lowest BCUT2D eigenvalue weighted by Crippen LogP contribution is -2.46. The van der Waals surface area contributed by atoms with Gasteiger partial charge < -0.3 is 5.32 Å². The van der Waals surface area contributed by atoms with Crippen LogP contribution in [0.2, 0.25) is 0 Å². The Morgan fingerprint density at radius 1 is 1.47 bits per heavy atom. The summed E-state index contributed by atoms with van der Waals surface area (Å²) in [6.45, 7) is 0. The summed E-state index contributed by atoms with van der Waals surface area (Å²) in [6.07, 6.45) is -5.20. The molecule has 0 aromatic rings. The minimum Gasteiger partial charge on any atom is -0.344 e. The Kier molecular flexibility index (Phi) is 6.75. The number of nitrogens with zero attached hydrogens (tertiary/aromatic N) is 1. The number of alkyl halides is 4. The van der Waals surface area contributed by atoms with Gasteiger partial charge in [0.05, 0.1) is 7.11 Å². The number of nitrogens with one attached hydrogen (secondary N) is 1. The van der Waals surface area contributed by atoms with Crippen molar-refractivity contribution in [1.29, 1.82) is 0 Å². The van der Waals surface area contributed by atoms with Crippen molar-refractivity contribution >= 4 is 34.4 Å². The van der Waals surface area contributed by atoms with E-state index in [0.717, 1.165) is 5.06 Å². The van der Waals surface area contributed by atoms with E-state index in [1.165, 1.54) is 14.2 Å². The molecule has 0 aromatic carbocycles. The molecule has 2 amide bonds. The van der Waals surface area contributed by atoms with Crippen LogP contribution in [-0.4, -0.2) is 47.7 Å². The molecule has 0 spiro atoms. The predicted octanol–water partition coefficient (Wildman–Crippen LogP) is 0.878. The molecule has 0 aromatic heterocycles. The van der Waals surface area contributed by atoms with Crippen LogP contribution in [0.25, 0.3) is 0 Å². The van der Waals surface area contributed by atoms with Crippen LogP contribution in [0, 0.1) is 0 Å². The minimum atomic E-state index is -4.94. The predicted molar refractivity (Wildman–Crippen MR) is 61.3 cm³/mol. The van der Waals surface area contributed by atoms with Crippen molar-refractivity contribution in [2.45, 2.75) is 18.6 Å². The molecule has 0 fully saturated rings. The quantitative estimate of drug-likeness (QED) is 0.445. The van der Waals surface area contributed by atoms with Gasteiger partial charge in [-0.2, -0.15) is 13.2 Å². The molecule has 0 bridgehead atoms. The van der Waals surface area contributed by atoms with E-state index in [9.17, 15) is 22.8 Å². The van der Waals surface area contributed by atoms with E-state index in [1.807, 2.05) is 0 Å². The number of hydrogen-bond donors (Lipinski definition) is 1. The zero-order valence-corrected chi connectivity index (χ0v) is 11.3. The SMILES string of the molecule is CON(C)C(=O)C[C@@H](CI)NC(=O)C(F)(F)F. The van der Waals surface area contributed by atoms with E-state index < -0.39 is 24.0 Å². The van der Waals surface area contributed by atoms with Crippen molar-refractivity contribution in [3.05, 3.63) is 0 Å². The first-order chi connectivity index (χ1) is 7.72. The topological polar surface area (TPSA) is 58.6 Å². The maximum Gasteiger partial charge on any atom is 0.471 e. The molecule has 0 aliphatic rings. The number of halogens is 4. The van der Waals surface area contributed by atoms with Gasteiger partial charge in [-0.25, -0.2) is 5.06 Å². The molecule has 0 aliphatic carbocycles. The molecule has 0 unspecified atom stereocenters. The highest BCUT2D eigenvalue weighted by Crippen LogP contribution is 2.15. The fourth-order valence-corrected chi connectivity index (χ4v) is 1.38. The first-order valence-corrected chi connectivity index (χ1v) is 5.99. The van der Waals surface area contributed by atoms with Gasteiger partial charge in [0.1, 0.15) is 0 Å². The first kappa shape index (κ1) is 16.4. The van der Waals surface area contributed by atoms with Gasteiger partial charge in [0.2, 0.25) is 5.91 Å². The van der Waals surface area contributed by atoms with Gasteiger partial charge in [0.15, 0.2) is 0 Å². The van der Waals surface area contributed by atoms with Gasteiger partial charge in [0, 0.05) is 23.9 Å². The highest BCUT2D eigenvalue weighted by molar-refractivity contribution is 14.1. The van der Waals surface area contributed by atoms with Gasteiger partial charge in [-0.05, 0) is 0 Å². The normalized spacial score (nSPS) is 13.1. The molecule has 0 radical (unpaired) electrons. The molecule has 100 valence electrons. The van der Waals surface area contributed by atoms with Crippen LogP contribution >= 0.6 is 22.6 Å². The second kappa shape index (κ2) is 6.99. The summed E-state index contributed by atoms with van der Waals surface area (Å²) < 4.78 is 36.1. The Morgan fingerprint density at radius 3 is 2.35 bits per heavy atom. The number of hydrogen-bond acceptors (Lipinski definition) is 3. The van der Waals surface area contributed by atoms with Gasteiger partial charge in [-0.15, -0.1) is 0 Å². The van der Waals surface area contributed by atoms with E-state index in [2.05, 4.69) is 4.84 Å². The minimum absolute atomic E-state index is 0.183. The maximum atomic E-state index is 12.0. The van der Waals surface area contributed by atoms with Gasteiger partial charge >= 0.3 is 12.1 Å². The lowest BCUT2D eigenvalue weighted by Gasteiger charge is -2.20. The van der Waals surface area contributed by atoms with Crippen molar-refractivity contribution in [2.75, 3.05) is 18.6 Å².